The van der Waals surface area contributed by atoms with Gasteiger partial charge < -0.3 is 0 Å². The molecule has 1 aromatic heterocycles. The average molecular weight is 234 g/mol. The van der Waals surface area contributed by atoms with Crippen molar-refractivity contribution in [1.82, 2.24) is 15.0 Å². The summed E-state index contributed by atoms with van der Waals surface area (Å²) < 4.78 is 1.10. The molecule has 0 amide bonds. The molecule has 0 bridgehead atoms. The number of hydrogen-bond donors (Lipinski definition) is 0. The van der Waals surface area contributed by atoms with E-state index in [1.54, 1.807) is 19.9 Å². The van der Waals surface area contributed by atoms with E-state index in [0.29, 0.717) is 5.52 Å². The highest BCUT2D eigenvalue weighted by Crippen LogP contribution is 2.23. The number of carbonyl (C=O) groups is 1. The normalized spacial score (nSPS) is 11.0. The molecule has 0 aliphatic carbocycles. The molecule has 7 heteroatoms. The number of carbonyl (C=O) groups excluding carboxylic acids is 1. The first-order valence-corrected chi connectivity index (χ1v) is 5.05. The van der Waals surface area contributed by atoms with E-state index in [4.69, 9.17) is 0 Å². The van der Waals surface area contributed by atoms with Crippen LogP contribution in [0.1, 0.15) is 18.6 Å². The molecule has 2 rings (SSSR count). The first-order chi connectivity index (χ1) is 8.02. The molecule has 0 saturated heterocycles. The van der Waals surface area contributed by atoms with E-state index >= 15 is 0 Å². The van der Waals surface area contributed by atoms with Crippen molar-refractivity contribution in [3.05, 3.63) is 28.3 Å². The molecule has 0 spiro atoms. The number of fused-ring (bicyclic) bond motifs is 1. The van der Waals surface area contributed by atoms with Crippen LogP contribution in [0.4, 0.5) is 5.69 Å². The predicted octanol–water partition coefficient (Wildman–Crippen LogP) is 1.64. The van der Waals surface area contributed by atoms with Gasteiger partial charge in [-0.05, 0) is 6.07 Å². The number of aromatic nitrogens is 3. The molecule has 0 saturated carbocycles. The van der Waals surface area contributed by atoms with Crippen LogP contribution in [0.3, 0.4) is 0 Å². The third-order valence-electron chi connectivity index (χ3n) is 2.36. The van der Waals surface area contributed by atoms with Crippen molar-refractivity contribution < 1.29 is 9.72 Å². The van der Waals surface area contributed by atoms with Gasteiger partial charge in [-0.2, -0.15) is 4.68 Å². The van der Waals surface area contributed by atoms with Gasteiger partial charge in [0.2, 0.25) is 0 Å². The smallest absolute Gasteiger partial charge is 0.272 e. The monoisotopic (exact) mass is 234 g/mol. The molecule has 1 heterocycles. The average Bonchev–Trinajstić information content (AvgIpc) is 2.70. The molecule has 0 aliphatic heterocycles. The fourth-order valence-corrected chi connectivity index (χ4v) is 1.49. The number of nitro benzene ring substituents is 1. The van der Waals surface area contributed by atoms with E-state index in [1.807, 2.05) is 0 Å². The number of benzene rings is 1. The highest BCUT2D eigenvalue weighted by atomic mass is 16.6. The third kappa shape index (κ3) is 1.75. The van der Waals surface area contributed by atoms with E-state index < -0.39 is 4.92 Å². The van der Waals surface area contributed by atoms with E-state index in [2.05, 4.69) is 10.3 Å². The fraction of sp³-hybridized carbons (Fsp3) is 0.300. The van der Waals surface area contributed by atoms with Gasteiger partial charge >= 0.3 is 0 Å². The van der Waals surface area contributed by atoms with Crippen molar-refractivity contribution >= 4 is 22.6 Å². The van der Waals surface area contributed by atoms with Gasteiger partial charge in [-0.15, -0.1) is 5.10 Å². The number of hydrogen-bond acceptors (Lipinski definition) is 5. The lowest BCUT2D eigenvalue weighted by molar-refractivity contribution is -0.383. The lowest BCUT2D eigenvalue weighted by Crippen LogP contribution is -2.18. The minimum absolute atomic E-state index is 0.131. The zero-order valence-electron chi connectivity index (χ0n) is 9.32. The van der Waals surface area contributed by atoms with Crippen molar-refractivity contribution in [2.45, 2.75) is 13.8 Å². The Morgan fingerprint density at radius 2 is 2.18 bits per heavy atom. The summed E-state index contributed by atoms with van der Waals surface area (Å²) in [5.74, 6) is -0.493. The molecule has 0 aliphatic rings. The quantitative estimate of drug-likeness (QED) is 0.581. The second-order valence-corrected chi connectivity index (χ2v) is 3.90. The molecule has 1 aromatic carbocycles. The van der Waals surface area contributed by atoms with Crippen LogP contribution in [0.15, 0.2) is 18.2 Å². The van der Waals surface area contributed by atoms with Crippen LogP contribution >= 0.6 is 0 Å². The maximum Gasteiger partial charge on any atom is 0.299 e. The van der Waals surface area contributed by atoms with Gasteiger partial charge in [-0.3, -0.25) is 14.9 Å². The largest absolute Gasteiger partial charge is 0.299 e. The van der Waals surface area contributed by atoms with Crippen molar-refractivity contribution in [3.63, 3.8) is 0 Å². The topological polar surface area (TPSA) is 90.9 Å². The molecule has 2 aromatic rings. The summed E-state index contributed by atoms with van der Waals surface area (Å²) in [6, 6.07) is 4.43. The molecule has 0 atom stereocenters. The lowest BCUT2D eigenvalue weighted by Gasteiger charge is -2.03. The van der Waals surface area contributed by atoms with Crippen molar-refractivity contribution in [2.24, 2.45) is 5.92 Å². The van der Waals surface area contributed by atoms with Crippen LogP contribution in [0, 0.1) is 16.0 Å². The zero-order chi connectivity index (χ0) is 12.6. The van der Waals surface area contributed by atoms with Crippen LogP contribution < -0.4 is 0 Å². The molecule has 7 nitrogen and oxygen atoms in total. The second-order valence-electron chi connectivity index (χ2n) is 3.90. The Labute approximate surface area is 96.2 Å². The zero-order valence-corrected chi connectivity index (χ0v) is 9.32. The minimum Gasteiger partial charge on any atom is -0.272 e. The third-order valence-corrected chi connectivity index (χ3v) is 2.36. The maximum atomic E-state index is 11.8. The molecular weight excluding hydrogens is 224 g/mol. The summed E-state index contributed by atoms with van der Waals surface area (Å²) in [5, 5.41) is 18.1. The summed E-state index contributed by atoms with van der Waals surface area (Å²) in [5.41, 5.74) is 0.342. The molecule has 0 fully saturated rings. The van der Waals surface area contributed by atoms with Gasteiger partial charge in [0.1, 0.15) is 5.52 Å². The Kier molecular flexibility index (Phi) is 2.58. The van der Waals surface area contributed by atoms with Gasteiger partial charge in [0.05, 0.1) is 4.92 Å². The molecule has 0 N–H and O–H groups in total. The van der Waals surface area contributed by atoms with E-state index in [0.717, 1.165) is 4.68 Å². The van der Waals surface area contributed by atoms with Crippen LogP contribution in [0.5, 0.6) is 0 Å². The first kappa shape index (κ1) is 11.2. The van der Waals surface area contributed by atoms with Gasteiger partial charge in [0.25, 0.3) is 11.6 Å². The summed E-state index contributed by atoms with van der Waals surface area (Å²) in [6.45, 7) is 3.46. The molecule has 0 unspecified atom stereocenters. The summed E-state index contributed by atoms with van der Waals surface area (Å²) in [4.78, 5) is 22.0. The Morgan fingerprint density at radius 1 is 1.47 bits per heavy atom. The highest BCUT2D eigenvalue weighted by Gasteiger charge is 2.20. The highest BCUT2D eigenvalue weighted by molar-refractivity contribution is 5.93. The molecular formula is C10H10N4O3. The van der Waals surface area contributed by atoms with Crippen LogP contribution in [-0.2, 0) is 0 Å². The van der Waals surface area contributed by atoms with Crippen LogP contribution in [0.2, 0.25) is 0 Å². The number of non-ortho nitro benzene ring substituents is 1. The molecule has 0 radical (unpaired) electrons. The minimum atomic E-state index is -0.540. The number of rotatable bonds is 2. The Balaban J connectivity index is 2.67. The Bertz CT molecular complexity index is 603. The van der Waals surface area contributed by atoms with Gasteiger partial charge in [0.15, 0.2) is 5.52 Å². The first-order valence-electron chi connectivity index (χ1n) is 5.05. The fourth-order valence-electron chi connectivity index (χ4n) is 1.49. The standard InChI is InChI=1S/C10H10N4O3/c1-6(2)10(15)13-7-4-3-5-8(14(16)17)9(7)11-12-13/h3-6H,1-2H3. The van der Waals surface area contributed by atoms with Gasteiger partial charge in [-0.25, -0.2) is 0 Å². The van der Waals surface area contributed by atoms with E-state index in [-0.39, 0.29) is 23.0 Å². The second kappa shape index (κ2) is 3.93. The SMILES string of the molecule is CC(C)C(=O)n1nnc2c([N+](=O)[O-])cccc21. The van der Waals surface area contributed by atoms with Crippen LogP contribution in [0.25, 0.3) is 11.0 Å². The van der Waals surface area contributed by atoms with Gasteiger partial charge in [-0.1, -0.05) is 25.1 Å². The van der Waals surface area contributed by atoms with E-state index in [9.17, 15) is 14.9 Å². The number of nitrogens with zero attached hydrogens (tertiary/aromatic N) is 4. The van der Waals surface area contributed by atoms with Crippen molar-refractivity contribution in [2.75, 3.05) is 0 Å². The number of nitro groups is 1. The Hall–Kier alpha value is -2.31. The van der Waals surface area contributed by atoms with E-state index in [1.165, 1.54) is 12.1 Å². The van der Waals surface area contributed by atoms with Crippen LogP contribution in [-0.4, -0.2) is 25.8 Å². The summed E-state index contributed by atoms with van der Waals surface area (Å²) in [7, 11) is 0. The Morgan fingerprint density at radius 3 is 2.76 bits per heavy atom. The van der Waals surface area contributed by atoms with Crippen molar-refractivity contribution in [3.8, 4) is 0 Å². The predicted molar refractivity (Wildman–Crippen MR) is 59.6 cm³/mol. The summed E-state index contributed by atoms with van der Waals surface area (Å²) >= 11 is 0. The molecule has 88 valence electrons. The maximum absolute atomic E-state index is 11.8. The lowest BCUT2D eigenvalue weighted by atomic mass is 10.2. The molecule has 17 heavy (non-hydrogen) atoms. The van der Waals surface area contributed by atoms with Gasteiger partial charge in [0, 0.05) is 12.0 Å². The summed E-state index contributed by atoms with van der Waals surface area (Å²) in [6.07, 6.45) is 0. The van der Waals surface area contributed by atoms with Crippen molar-refractivity contribution in [1.29, 1.82) is 0 Å².